The molecule has 0 aliphatic rings. The highest BCUT2D eigenvalue weighted by Crippen LogP contribution is 2.31. The standard InChI is InChI=1S/C13H18BrF2N/c1-3-6-13(2,8-17)7-9-11(15)5-4-10(14)12(9)16/h4-5H,3,6-8,17H2,1-2H3. The summed E-state index contributed by atoms with van der Waals surface area (Å²) < 4.78 is 27.8. The van der Waals surface area contributed by atoms with Crippen LogP contribution in [0.25, 0.3) is 0 Å². The Morgan fingerprint density at radius 3 is 2.53 bits per heavy atom. The normalized spacial score (nSPS) is 14.7. The number of halogens is 3. The van der Waals surface area contributed by atoms with Gasteiger partial charge in [0.15, 0.2) is 0 Å². The van der Waals surface area contributed by atoms with E-state index in [-0.39, 0.29) is 11.0 Å². The summed E-state index contributed by atoms with van der Waals surface area (Å²) in [7, 11) is 0. The van der Waals surface area contributed by atoms with Crippen molar-refractivity contribution in [1.29, 1.82) is 0 Å². The molecule has 0 saturated heterocycles. The molecule has 1 aromatic rings. The average molecular weight is 306 g/mol. The van der Waals surface area contributed by atoms with Crippen molar-refractivity contribution in [1.82, 2.24) is 0 Å². The van der Waals surface area contributed by atoms with Gasteiger partial charge in [0.05, 0.1) is 4.47 Å². The number of nitrogens with two attached hydrogens (primary N) is 1. The molecule has 0 aliphatic carbocycles. The van der Waals surface area contributed by atoms with Gasteiger partial charge in [-0.05, 0) is 52.9 Å². The van der Waals surface area contributed by atoms with Crippen LogP contribution in [0.5, 0.6) is 0 Å². The minimum absolute atomic E-state index is 0.126. The second-order valence-corrected chi connectivity index (χ2v) is 5.62. The summed E-state index contributed by atoms with van der Waals surface area (Å²) in [5.41, 5.74) is 5.60. The summed E-state index contributed by atoms with van der Waals surface area (Å²) in [6.45, 7) is 4.43. The summed E-state index contributed by atoms with van der Waals surface area (Å²) in [5.74, 6) is -1.01. The first kappa shape index (κ1) is 14.6. The fourth-order valence-electron chi connectivity index (χ4n) is 2.02. The van der Waals surface area contributed by atoms with Crippen molar-refractivity contribution in [2.24, 2.45) is 11.1 Å². The van der Waals surface area contributed by atoms with Crippen molar-refractivity contribution >= 4 is 15.9 Å². The van der Waals surface area contributed by atoms with Gasteiger partial charge in [-0.15, -0.1) is 0 Å². The summed E-state index contributed by atoms with van der Waals surface area (Å²) in [6, 6.07) is 2.67. The van der Waals surface area contributed by atoms with Gasteiger partial charge in [0, 0.05) is 5.56 Å². The molecule has 2 N–H and O–H groups in total. The molecule has 0 bridgehead atoms. The molecule has 1 atom stereocenters. The monoisotopic (exact) mass is 305 g/mol. The molecule has 0 heterocycles. The van der Waals surface area contributed by atoms with Crippen molar-refractivity contribution in [2.75, 3.05) is 6.54 Å². The van der Waals surface area contributed by atoms with E-state index in [1.54, 1.807) is 0 Å². The number of hydrogen-bond donors (Lipinski definition) is 1. The van der Waals surface area contributed by atoms with E-state index < -0.39 is 11.6 Å². The van der Waals surface area contributed by atoms with E-state index in [9.17, 15) is 8.78 Å². The smallest absolute Gasteiger partial charge is 0.143 e. The van der Waals surface area contributed by atoms with Crippen LogP contribution in [0, 0.1) is 17.0 Å². The topological polar surface area (TPSA) is 26.0 Å². The van der Waals surface area contributed by atoms with E-state index in [0.29, 0.717) is 17.4 Å². The Morgan fingerprint density at radius 2 is 2.00 bits per heavy atom. The summed E-state index contributed by atoms with van der Waals surface area (Å²) >= 11 is 3.08. The van der Waals surface area contributed by atoms with Gasteiger partial charge in [-0.25, -0.2) is 8.78 Å². The number of rotatable bonds is 5. The lowest BCUT2D eigenvalue weighted by molar-refractivity contribution is 0.294. The first-order valence-electron chi connectivity index (χ1n) is 5.76. The molecule has 0 spiro atoms. The lowest BCUT2D eigenvalue weighted by Crippen LogP contribution is -2.30. The zero-order chi connectivity index (χ0) is 13.1. The van der Waals surface area contributed by atoms with Crippen molar-refractivity contribution in [2.45, 2.75) is 33.1 Å². The van der Waals surface area contributed by atoms with Gasteiger partial charge >= 0.3 is 0 Å². The maximum Gasteiger partial charge on any atom is 0.143 e. The highest BCUT2D eigenvalue weighted by Gasteiger charge is 2.26. The van der Waals surface area contributed by atoms with Crippen LogP contribution in [0.1, 0.15) is 32.3 Å². The van der Waals surface area contributed by atoms with Gasteiger partial charge in [0.2, 0.25) is 0 Å². The van der Waals surface area contributed by atoms with Gasteiger partial charge in [-0.1, -0.05) is 20.3 Å². The average Bonchev–Trinajstić information content (AvgIpc) is 2.30. The predicted molar refractivity (Wildman–Crippen MR) is 69.8 cm³/mol. The maximum absolute atomic E-state index is 13.8. The molecular weight excluding hydrogens is 288 g/mol. The zero-order valence-corrected chi connectivity index (χ0v) is 11.8. The summed E-state index contributed by atoms with van der Waals surface area (Å²) in [6.07, 6.45) is 2.13. The highest BCUT2D eigenvalue weighted by atomic mass is 79.9. The minimum atomic E-state index is -0.513. The third-order valence-electron chi connectivity index (χ3n) is 3.09. The van der Waals surface area contributed by atoms with Crippen LogP contribution in [0.3, 0.4) is 0 Å². The molecule has 4 heteroatoms. The summed E-state index contributed by atoms with van der Waals surface area (Å²) in [4.78, 5) is 0. The molecule has 0 amide bonds. The van der Waals surface area contributed by atoms with Gasteiger partial charge in [0.25, 0.3) is 0 Å². The molecule has 96 valence electrons. The van der Waals surface area contributed by atoms with Crippen LogP contribution >= 0.6 is 15.9 Å². The van der Waals surface area contributed by atoms with Gasteiger partial charge in [0.1, 0.15) is 11.6 Å². The number of hydrogen-bond acceptors (Lipinski definition) is 1. The Labute approximate surface area is 110 Å². The maximum atomic E-state index is 13.8. The second-order valence-electron chi connectivity index (χ2n) is 4.76. The van der Waals surface area contributed by atoms with E-state index in [0.717, 1.165) is 12.8 Å². The number of benzene rings is 1. The van der Waals surface area contributed by atoms with E-state index >= 15 is 0 Å². The van der Waals surface area contributed by atoms with E-state index in [1.165, 1.54) is 12.1 Å². The van der Waals surface area contributed by atoms with E-state index in [2.05, 4.69) is 15.9 Å². The first-order valence-corrected chi connectivity index (χ1v) is 6.55. The lowest BCUT2D eigenvalue weighted by Gasteiger charge is -2.28. The Morgan fingerprint density at radius 1 is 1.35 bits per heavy atom. The van der Waals surface area contributed by atoms with Crippen LogP contribution in [0.15, 0.2) is 16.6 Å². The van der Waals surface area contributed by atoms with Gasteiger partial charge in [-0.2, -0.15) is 0 Å². The van der Waals surface area contributed by atoms with Crippen molar-refractivity contribution in [3.8, 4) is 0 Å². The molecule has 0 saturated carbocycles. The highest BCUT2D eigenvalue weighted by molar-refractivity contribution is 9.10. The van der Waals surface area contributed by atoms with E-state index in [1.807, 2.05) is 13.8 Å². The van der Waals surface area contributed by atoms with Crippen LogP contribution < -0.4 is 5.73 Å². The van der Waals surface area contributed by atoms with Crippen molar-refractivity contribution < 1.29 is 8.78 Å². The van der Waals surface area contributed by atoms with Crippen LogP contribution in [-0.4, -0.2) is 6.54 Å². The molecule has 0 radical (unpaired) electrons. The largest absolute Gasteiger partial charge is 0.330 e. The van der Waals surface area contributed by atoms with E-state index in [4.69, 9.17) is 5.73 Å². The molecule has 1 rings (SSSR count). The molecule has 1 unspecified atom stereocenters. The summed E-state index contributed by atoms with van der Waals surface area (Å²) in [5, 5.41) is 0. The Hall–Kier alpha value is -0.480. The molecule has 17 heavy (non-hydrogen) atoms. The quantitative estimate of drug-likeness (QED) is 0.817. The fraction of sp³-hybridized carbons (Fsp3) is 0.538. The molecule has 1 nitrogen and oxygen atoms in total. The second kappa shape index (κ2) is 5.91. The first-order chi connectivity index (χ1) is 7.93. The Kier molecular flexibility index (Phi) is 5.07. The third-order valence-corrected chi connectivity index (χ3v) is 3.70. The van der Waals surface area contributed by atoms with Gasteiger partial charge < -0.3 is 5.73 Å². The van der Waals surface area contributed by atoms with Crippen molar-refractivity contribution in [3.63, 3.8) is 0 Å². The molecule has 1 aromatic carbocycles. The SMILES string of the molecule is CCCC(C)(CN)Cc1c(F)ccc(Br)c1F. The minimum Gasteiger partial charge on any atom is -0.330 e. The molecule has 0 fully saturated rings. The van der Waals surface area contributed by atoms with Crippen LogP contribution in [0.2, 0.25) is 0 Å². The predicted octanol–water partition coefficient (Wildman–Crippen LogP) is 4.03. The molecular formula is C13H18BrF2N. The van der Waals surface area contributed by atoms with Crippen molar-refractivity contribution in [3.05, 3.63) is 33.8 Å². The van der Waals surface area contributed by atoms with Crippen LogP contribution in [-0.2, 0) is 6.42 Å². The fourth-order valence-corrected chi connectivity index (χ4v) is 2.40. The Balaban J connectivity index is 3.05. The van der Waals surface area contributed by atoms with Crippen LogP contribution in [0.4, 0.5) is 8.78 Å². The molecule has 0 aliphatic heterocycles. The Bertz CT molecular complexity index is 395. The lowest BCUT2D eigenvalue weighted by atomic mass is 9.79. The zero-order valence-electron chi connectivity index (χ0n) is 10.2. The third kappa shape index (κ3) is 3.49. The molecule has 0 aromatic heterocycles. The van der Waals surface area contributed by atoms with Gasteiger partial charge in [-0.3, -0.25) is 0 Å².